The zero-order chi connectivity index (χ0) is 15.7. The van der Waals surface area contributed by atoms with Crippen molar-refractivity contribution >= 4 is 11.9 Å². The van der Waals surface area contributed by atoms with E-state index in [0.717, 1.165) is 16.7 Å². The van der Waals surface area contributed by atoms with Crippen molar-refractivity contribution in [1.82, 2.24) is 20.0 Å². The fourth-order valence-corrected chi connectivity index (χ4v) is 2.20. The fraction of sp³-hybridized carbons (Fsp3) is 0.200. The molecule has 3 aromatic rings. The molecule has 3 rings (SSSR count). The summed E-state index contributed by atoms with van der Waals surface area (Å²) >= 11 is 0. The van der Waals surface area contributed by atoms with Gasteiger partial charge >= 0.3 is 6.01 Å². The van der Waals surface area contributed by atoms with E-state index < -0.39 is 0 Å². The van der Waals surface area contributed by atoms with Gasteiger partial charge in [-0.05, 0) is 31.5 Å². The zero-order valence-corrected chi connectivity index (χ0v) is 12.5. The van der Waals surface area contributed by atoms with Gasteiger partial charge in [-0.2, -0.15) is 5.10 Å². The third kappa shape index (κ3) is 2.60. The third-order valence-electron chi connectivity index (χ3n) is 3.25. The van der Waals surface area contributed by atoms with Crippen LogP contribution in [0.4, 0.5) is 6.01 Å². The molecule has 7 heteroatoms. The summed E-state index contributed by atoms with van der Waals surface area (Å²) in [5.41, 5.74) is 3.13. The van der Waals surface area contributed by atoms with Gasteiger partial charge in [0.15, 0.2) is 0 Å². The van der Waals surface area contributed by atoms with Crippen molar-refractivity contribution in [3.63, 3.8) is 0 Å². The fourth-order valence-electron chi connectivity index (χ4n) is 2.20. The Kier molecular flexibility index (Phi) is 3.46. The van der Waals surface area contributed by atoms with Crippen LogP contribution in [0.15, 0.2) is 34.9 Å². The van der Waals surface area contributed by atoms with Gasteiger partial charge < -0.3 is 4.42 Å². The predicted molar refractivity (Wildman–Crippen MR) is 80.4 cm³/mol. The number of carbonyl (C=O) groups is 1. The smallest absolute Gasteiger partial charge is 0.322 e. The number of carbonyl (C=O) groups excluding carboxylic acids is 1. The maximum atomic E-state index is 12.2. The normalized spacial score (nSPS) is 10.7. The second-order valence-corrected chi connectivity index (χ2v) is 5.04. The molecule has 0 aliphatic heterocycles. The van der Waals surface area contributed by atoms with Crippen LogP contribution in [-0.2, 0) is 7.05 Å². The lowest BCUT2D eigenvalue weighted by atomic mass is 10.1. The van der Waals surface area contributed by atoms with Gasteiger partial charge in [-0.3, -0.25) is 14.8 Å². The Morgan fingerprint density at radius 3 is 2.77 bits per heavy atom. The lowest BCUT2D eigenvalue weighted by Crippen LogP contribution is -2.17. The maximum absolute atomic E-state index is 12.2. The highest BCUT2D eigenvalue weighted by atomic mass is 16.4. The van der Waals surface area contributed by atoms with Crippen molar-refractivity contribution < 1.29 is 9.21 Å². The van der Waals surface area contributed by atoms with E-state index in [-0.39, 0.29) is 11.9 Å². The standard InChI is InChI=1S/C15H15N5O2/c1-9-5-4-6-11(7-9)14-18-19-15(22-14)17-13(21)12-10(2)8-16-20(12)3/h4-8H,1-3H3,(H,17,19,21). The molecular formula is C15H15N5O2. The molecule has 0 bridgehead atoms. The first-order valence-corrected chi connectivity index (χ1v) is 6.75. The van der Waals surface area contributed by atoms with Crippen LogP contribution >= 0.6 is 0 Å². The number of nitrogens with one attached hydrogen (secondary N) is 1. The molecule has 2 aromatic heterocycles. The summed E-state index contributed by atoms with van der Waals surface area (Å²) in [6.45, 7) is 3.79. The second kappa shape index (κ2) is 5.44. The van der Waals surface area contributed by atoms with E-state index in [4.69, 9.17) is 4.42 Å². The maximum Gasteiger partial charge on any atom is 0.322 e. The molecule has 0 aliphatic rings. The molecule has 0 radical (unpaired) electrons. The van der Waals surface area contributed by atoms with Crippen molar-refractivity contribution in [2.45, 2.75) is 13.8 Å². The SMILES string of the molecule is Cc1cccc(-c2nnc(NC(=O)c3c(C)cnn3C)o2)c1. The zero-order valence-electron chi connectivity index (χ0n) is 12.5. The van der Waals surface area contributed by atoms with Crippen LogP contribution in [0.2, 0.25) is 0 Å². The monoisotopic (exact) mass is 297 g/mol. The number of hydrogen-bond acceptors (Lipinski definition) is 5. The first kappa shape index (κ1) is 14.0. The van der Waals surface area contributed by atoms with Crippen LogP contribution < -0.4 is 5.32 Å². The first-order chi connectivity index (χ1) is 10.5. The molecule has 0 spiro atoms. The van der Waals surface area contributed by atoms with Crippen LogP contribution in [0.25, 0.3) is 11.5 Å². The van der Waals surface area contributed by atoms with E-state index in [1.165, 1.54) is 4.68 Å². The van der Waals surface area contributed by atoms with E-state index in [1.54, 1.807) is 13.2 Å². The third-order valence-corrected chi connectivity index (χ3v) is 3.25. The number of rotatable bonds is 3. The van der Waals surface area contributed by atoms with Crippen LogP contribution in [0.3, 0.4) is 0 Å². The van der Waals surface area contributed by atoms with Gasteiger partial charge in [0.25, 0.3) is 5.91 Å². The van der Waals surface area contributed by atoms with Gasteiger partial charge in [0.2, 0.25) is 5.89 Å². The Hall–Kier alpha value is -2.96. The van der Waals surface area contributed by atoms with E-state index in [2.05, 4.69) is 20.6 Å². The molecule has 0 fully saturated rings. The second-order valence-electron chi connectivity index (χ2n) is 5.04. The number of nitrogens with zero attached hydrogens (tertiary/aromatic N) is 4. The summed E-state index contributed by atoms with van der Waals surface area (Å²) in [6, 6.07) is 7.75. The average Bonchev–Trinajstić information content (AvgIpc) is 3.06. The number of amides is 1. The minimum atomic E-state index is -0.336. The van der Waals surface area contributed by atoms with Gasteiger partial charge in [-0.1, -0.05) is 22.8 Å². The summed E-state index contributed by atoms with van der Waals surface area (Å²) in [7, 11) is 1.70. The minimum absolute atomic E-state index is 0.0575. The summed E-state index contributed by atoms with van der Waals surface area (Å²) in [5, 5.41) is 14.4. The van der Waals surface area contributed by atoms with Gasteiger partial charge in [-0.25, -0.2) is 0 Å². The Bertz CT molecular complexity index is 815. The van der Waals surface area contributed by atoms with Gasteiger partial charge in [0.1, 0.15) is 5.69 Å². The van der Waals surface area contributed by atoms with E-state index >= 15 is 0 Å². The Labute approximate surface area is 127 Å². The predicted octanol–water partition coefficient (Wildman–Crippen LogP) is 2.34. The number of aryl methyl sites for hydroxylation is 3. The molecule has 7 nitrogen and oxygen atoms in total. The van der Waals surface area contributed by atoms with E-state index in [9.17, 15) is 4.79 Å². The first-order valence-electron chi connectivity index (χ1n) is 6.75. The van der Waals surface area contributed by atoms with Crippen LogP contribution in [-0.4, -0.2) is 25.9 Å². The molecule has 0 atom stereocenters. The highest BCUT2D eigenvalue weighted by Crippen LogP contribution is 2.21. The Balaban J connectivity index is 1.82. The average molecular weight is 297 g/mol. The highest BCUT2D eigenvalue weighted by molar-refractivity contribution is 6.02. The van der Waals surface area contributed by atoms with Crippen molar-refractivity contribution in [2.24, 2.45) is 7.05 Å². The number of benzene rings is 1. The lowest BCUT2D eigenvalue weighted by Gasteiger charge is -2.02. The molecule has 112 valence electrons. The Morgan fingerprint density at radius 2 is 2.09 bits per heavy atom. The van der Waals surface area contributed by atoms with Gasteiger partial charge in [0.05, 0.1) is 6.20 Å². The largest absolute Gasteiger partial charge is 0.403 e. The molecule has 0 saturated carbocycles. The minimum Gasteiger partial charge on any atom is -0.403 e. The Morgan fingerprint density at radius 1 is 1.27 bits per heavy atom. The molecule has 0 saturated heterocycles. The summed E-state index contributed by atoms with van der Waals surface area (Å²) in [6.07, 6.45) is 1.63. The molecule has 0 unspecified atom stereocenters. The summed E-state index contributed by atoms with van der Waals surface area (Å²) in [5.74, 6) is 0.0256. The molecule has 1 N–H and O–H groups in total. The molecule has 2 heterocycles. The van der Waals surface area contributed by atoms with E-state index in [1.807, 2.05) is 38.1 Å². The molecule has 1 amide bonds. The van der Waals surface area contributed by atoms with Crippen LogP contribution in [0, 0.1) is 13.8 Å². The van der Waals surface area contributed by atoms with Crippen LogP contribution in [0.5, 0.6) is 0 Å². The summed E-state index contributed by atoms with van der Waals surface area (Å²) < 4.78 is 6.99. The van der Waals surface area contributed by atoms with Crippen molar-refractivity contribution in [3.8, 4) is 11.5 Å². The number of aromatic nitrogens is 4. The molecule has 1 aromatic carbocycles. The molecule has 22 heavy (non-hydrogen) atoms. The highest BCUT2D eigenvalue weighted by Gasteiger charge is 2.17. The van der Waals surface area contributed by atoms with Gasteiger partial charge in [0, 0.05) is 12.6 Å². The van der Waals surface area contributed by atoms with Gasteiger partial charge in [-0.15, -0.1) is 5.10 Å². The quantitative estimate of drug-likeness (QED) is 0.802. The number of hydrogen-bond donors (Lipinski definition) is 1. The van der Waals surface area contributed by atoms with Crippen molar-refractivity contribution in [1.29, 1.82) is 0 Å². The number of anilines is 1. The lowest BCUT2D eigenvalue weighted by molar-refractivity contribution is 0.101. The van der Waals surface area contributed by atoms with Crippen molar-refractivity contribution in [2.75, 3.05) is 5.32 Å². The molecule has 0 aliphatic carbocycles. The topological polar surface area (TPSA) is 85.8 Å². The van der Waals surface area contributed by atoms with Crippen LogP contribution in [0.1, 0.15) is 21.6 Å². The van der Waals surface area contributed by atoms with E-state index in [0.29, 0.717) is 11.6 Å². The van der Waals surface area contributed by atoms with Crippen molar-refractivity contribution in [3.05, 3.63) is 47.3 Å². The molecular weight excluding hydrogens is 282 g/mol. The summed E-state index contributed by atoms with van der Waals surface area (Å²) in [4.78, 5) is 12.2.